The zero-order valence-electron chi connectivity index (χ0n) is 11.5. The molecule has 0 unspecified atom stereocenters. The van der Waals surface area contributed by atoms with Crippen LogP contribution in [0, 0.1) is 5.92 Å². The van der Waals surface area contributed by atoms with Gasteiger partial charge < -0.3 is 5.73 Å². The zero-order valence-corrected chi connectivity index (χ0v) is 12.4. The summed E-state index contributed by atoms with van der Waals surface area (Å²) in [5.74, 6) is 0.497. The van der Waals surface area contributed by atoms with Crippen LogP contribution in [0.3, 0.4) is 0 Å². The van der Waals surface area contributed by atoms with Crippen molar-refractivity contribution in [1.82, 2.24) is 4.31 Å². The van der Waals surface area contributed by atoms with Gasteiger partial charge in [-0.25, -0.2) is 8.42 Å². The Kier molecular flexibility index (Phi) is 4.16. The summed E-state index contributed by atoms with van der Waals surface area (Å²) in [4.78, 5) is 0.308. The first-order valence-electron chi connectivity index (χ1n) is 6.78. The van der Waals surface area contributed by atoms with Gasteiger partial charge in [0, 0.05) is 18.3 Å². The third-order valence-corrected chi connectivity index (χ3v) is 5.29. The quantitative estimate of drug-likeness (QED) is 0.815. The minimum Gasteiger partial charge on any atom is -0.399 e. The normalized spacial score (nSPS) is 16.2. The summed E-state index contributed by atoms with van der Waals surface area (Å²) in [7, 11) is -3.40. The highest BCUT2D eigenvalue weighted by Gasteiger charge is 2.37. The molecule has 1 aliphatic carbocycles. The molecule has 4 nitrogen and oxygen atoms in total. The number of hydrogen-bond acceptors (Lipinski definition) is 3. The van der Waals surface area contributed by atoms with Crippen molar-refractivity contribution >= 4 is 15.7 Å². The lowest BCUT2D eigenvalue weighted by atomic mass is 10.1. The second kappa shape index (κ2) is 5.51. The van der Waals surface area contributed by atoms with Crippen molar-refractivity contribution in [3.8, 4) is 0 Å². The molecular formula is C14H22N2O2S. The Morgan fingerprint density at radius 2 is 2.05 bits per heavy atom. The van der Waals surface area contributed by atoms with E-state index in [0.29, 0.717) is 23.0 Å². The Labute approximate surface area is 115 Å². The maximum atomic E-state index is 12.6. The molecular weight excluding hydrogens is 260 g/mol. The lowest BCUT2D eigenvalue weighted by Crippen LogP contribution is -2.34. The fourth-order valence-corrected chi connectivity index (χ4v) is 3.81. The summed E-state index contributed by atoms with van der Waals surface area (Å²) >= 11 is 0. The molecule has 0 radical (unpaired) electrons. The van der Waals surface area contributed by atoms with E-state index in [2.05, 4.69) is 13.8 Å². The van der Waals surface area contributed by atoms with Crippen LogP contribution in [0.5, 0.6) is 0 Å². The van der Waals surface area contributed by atoms with Crippen molar-refractivity contribution in [1.29, 1.82) is 0 Å². The molecule has 106 valence electrons. The topological polar surface area (TPSA) is 63.4 Å². The number of anilines is 1. The number of nitrogen functional groups attached to an aromatic ring is 1. The minimum absolute atomic E-state index is 0.185. The second-order valence-corrected chi connectivity index (χ2v) is 7.49. The summed E-state index contributed by atoms with van der Waals surface area (Å²) in [5.41, 5.74) is 6.17. The molecule has 1 fully saturated rings. The van der Waals surface area contributed by atoms with Crippen LogP contribution in [0.2, 0.25) is 0 Å². The van der Waals surface area contributed by atoms with Gasteiger partial charge in [-0.15, -0.1) is 0 Å². The highest BCUT2D eigenvalue weighted by atomic mass is 32.2. The summed E-state index contributed by atoms with van der Waals surface area (Å²) < 4.78 is 27.0. The van der Waals surface area contributed by atoms with Crippen LogP contribution in [0.4, 0.5) is 5.69 Å². The predicted octanol–water partition coefficient (Wildman–Crippen LogP) is 2.47. The minimum atomic E-state index is -3.40. The molecule has 19 heavy (non-hydrogen) atoms. The van der Waals surface area contributed by atoms with Gasteiger partial charge in [0.05, 0.1) is 4.90 Å². The first-order chi connectivity index (χ1) is 8.91. The van der Waals surface area contributed by atoms with E-state index in [0.717, 1.165) is 19.3 Å². The van der Waals surface area contributed by atoms with Gasteiger partial charge in [0.15, 0.2) is 0 Å². The van der Waals surface area contributed by atoms with Crippen LogP contribution < -0.4 is 5.73 Å². The van der Waals surface area contributed by atoms with Crippen molar-refractivity contribution < 1.29 is 8.42 Å². The maximum absolute atomic E-state index is 12.6. The van der Waals surface area contributed by atoms with Crippen LogP contribution in [-0.4, -0.2) is 25.3 Å². The van der Waals surface area contributed by atoms with E-state index >= 15 is 0 Å². The van der Waals surface area contributed by atoms with E-state index in [-0.39, 0.29) is 6.04 Å². The highest BCUT2D eigenvalue weighted by molar-refractivity contribution is 7.89. The van der Waals surface area contributed by atoms with E-state index in [1.807, 2.05) is 0 Å². The van der Waals surface area contributed by atoms with Gasteiger partial charge in [-0.2, -0.15) is 4.31 Å². The summed E-state index contributed by atoms with van der Waals surface area (Å²) in [6, 6.07) is 6.74. The first kappa shape index (κ1) is 14.3. The number of benzene rings is 1. The molecule has 0 aliphatic heterocycles. The molecule has 1 aromatic carbocycles. The standard InChI is InChI=1S/C14H22N2O2S/c1-11(2)8-9-16(13-6-7-13)19(17,18)14-5-3-4-12(15)10-14/h3-5,10-11,13H,6-9,15H2,1-2H3. The molecule has 0 heterocycles. The van der Waals surface area contributed by atoms with Crippen LogP contribution in [0.1, 0.15) is 33.1 Å². The number of nitrogens with zero attached hydrogens (tertiary/aromatic N) is 1. The fourth-order valence-electron chi connectivity index (χ4n) is 2.06. The van der Waals surface area contributed by atoms with Crippen LogP contribution in [-0.2, 0) is 10.0 Å². The van der Waals surface area contributed by atoms with Crippen molar-refractivity contribution in [2.24, 2.45) is 5.92 Å². The molecule has 2 N–H and O–H groups in total. The summed E-state index contributed by atoms with van der Waals surface area (Å²) in [6.45, 7) is 4.82. The SMILES string of the molecule is CC(C)CCN(C1CC1)S(=O)(=O)c1cccc(N)c1. The van der Waals surface area contributed by atoms with Gasteiger partial charge in [0.25, 0.3) is 0 Å². The number of hydrogen-bond donors (Lipinski definition) is 1. The second-order valence-electron chi connectivity index (χ2n) is 5.60. The number of sulfonamides is 1. The average molecular weight is 282 g/mol. The molecule has 0 bridgehead atoms. The molecule has 2 rings (SSSR count). The molecule has 0 atom stereocenters. The third kappa shape index (κ3) is 3.48. The van der Waals surface area contributed by atoms with Gasteiger partial charge >= 0.3 is 0 Å². The first-order valence-corrected chi connectivity index (χ1v) is 8.22. The largest absolute Gasteiger partial charge is 0.399 e. The summed E-state index contributed by atoms with van der Waals surface area (Å²) in [5, 5.41) is 0. The number of rotatable bonds is 6. The zero-order chi connectivity index (χ0) is 14.0. The molecule has 1 aromatic rings. The van der Waals surface area contributed by atoms with Gasteiger partial charge in [-0.1, -0.05) is 19.9 Å². The van der Waals surface area contributed by atoms with Crippen molar-refractivity contribution in [3.63, 3.8) is 0 Å². The predicted molar refractivity (Wildman–Crippen MR) is 77.2 cm³/mol. The monoisotopic (exact) mass is 282 g/mol. The van der Waals surface area contributed by atoms with Crippen molar-refractivity contribution in [2.45, 2.75) is 44.0 Å². The molecule has 5 heteroatoms. The smallest absolute Gasteiger partial charge is 0.243 e. The van der Waals surface area contributed by atoms with Crippen molar-refractivity contribution in [3.05, 3.63) is 24.3 Å². The molecule has 0 amide bonds. The average Bonchev–Trinajstić information content (AvgIpc) is 3.13. The lowest BCUT2D eigenvalue weighted by molar-refractivity contribution is 0.373. The fraction of sp³-hybridized carbons (Fsp3) is 0.571. The molecule has 0 saturated heterocycles. The maximum Gasteiger partial charge on any atom is 0.243 e. The Balaban J connectivity index is 2.24. The van der Waals surface area contributed by atoms with Crippen LogP contribution >= 0.6 is 0 Å². The molecule has 1 saturated carbocycles. The van der Waals surface area contributed by atoms with Gasteiger partial charge in [-0.05, 0) is 43.4 Å². The lowest BCUT2D eigenvalue weighted by Gasteiger charge is -2.23. The van der Waals surface area contributed by atoms with E-state index in [9.17, 15) is 8.42 Å². The van der Waals surface area contributed by atoms with Crippen LogP contribution in [0.25, 0.3) is 0 Å². The third-order valence-electron chi connectivity index (χ3n) is 3.35. The Morgan fingerprint density at radius 1 is 1.37 bits per heavy atom. The number of nitrogens with two attached hydrogens (primary N) is 1. The van der Waals surface area contributed by atoms with Crippen LogP contribution in [0.15, 0.2) is 29.2 Å². The van der Waals surface area contributed by atoms with Crippen molar-refractivity contribution in [2.75, 3.05) is 12.3 Å². The van der Waals surface area contributed by atoms with Gasteiger partial charge in [-0.3, -0.25) is 0 Å². The molecule has 0 spiro atoms. The Bertz CT molecular complexity index is 536. The van der Waals surface area contributed by atoms with E-state index in [1.54, 1.807) is 28.6 Å². The molecule has 0 aromatic heterocycles. The summed E-state index contributed by atoms with van der Waals surface area (Å²) in [6.07, 6.45) is 2.83. The van der Waals surface area contributed by atoms with E-state index in [4.69, 9.17) is 5.73 Å². The molecule has 1 aliphatic rings. The van der Waals surface area contributed by atoms with Gasteiger partial charge in [0.1, 0.15) is 0 Å². The van der Waals surface area contributed by atoms with Gasteiger partial charge in [0.2, 0.25) is 10.0 Å². The van der Waals surface area contributed by atoms with E-state index in [1.165, 1.54) is 0 Å². The van der Waals surface area contributed by atoms with E-state index < -0.39 is 10.0 Å². The Morgan fingerprint density at radius 3 is 2.58 bits per heavy atom. The Hall–Kier alpha value is -1.07. The highest BCUT2D eigenvalue weighted by Crippen LogP contribution is 2.32.